The molecule has 0 aliphatic rings. The van der Waals surface area contributed by atoms with Gasteiger partial charge >= 0.3 is 0 Å². The number of phenolic OH excluding ortho intramolecular Hbond substituents is 1. The van der Waals surface area contributed by atoms with E-state index in [1.165, 1.54) is 7.11 Å². The number of imidazole rings is 1. The average molecular weight is 400 g/mol. The number of hydrogen-bond acceptors (Lipinski definition) is 8. The molecule has 1 aromatic carbocycles. The van der Waals surface area contributed by atoms with E-state index >= 15 is 0 Å². The highest BCUT2D eigenvalue weighted by Crippen LogP contribution is 2.30. The van der Waals surface area contributed by atoms with E-state index in [-0.39, 0.29) is 11.8 Å². The summed E-state index contributed by atoms with van der Waals surface area (Å²) in [5, 5.41) is 26.7. The molecule has 3 aromatic rings. The second-order valence-electron chi connectivity index (χ2n) is 6.82. The number of hydrogen-bond donors (Lipinski definition) is 4. The van der Waals surface area contributed by atoms with Crippen LogP contribution in [0.1, 0.15) is 32.8 Å². The van der Waals surface area contributed by atoms with Gasteiger partial charge in [0.2, 0.25) is 5.95 Å². The van der Waals surface area contributed by atoms with Crippen molar-refractivity contribution in [1.29, 1.82) is 0 Å². The molecule has 156 valence electrons. The van der Waals surface area contributed by atoms with Crippen LogP contribution < -0.4 is 15.4 Å². The predicted molar refractivity (Wildman–Crippen MR) is 112 cm³/mol. The minimum absolute atomic E-state index is 0.0883. The van der Waals surface area contributed by atoms with Gasteiger partial charge in [-0.05, 0) is 26.3 Å². The summed E-state index contributed by atoms with van der Waals surface area (Å²) >= 11 is 0. The maximum Gasteiger partial charge on any atom is 0.227 e. The van der Waals surface area contributed by atoms with Crippen LogP contribution in [0.4, 0.5) is 11.8 Å². The fourth-order valence-electron chi connectivity index (χ4n) is 3.15. The zero-order valence-electron chi connectivity index (χ0n) is 17.2. The summed E-state index contributed by atoms with van der Waals surface area (Å²) in [7, 11) is 1.52. The Balaban J connectivity index is 1.94. The van der Waals surface area contributed by atoms with Crippen LogP contribution in [0, 0.1) is 0 Å². The van der Waals surface area contributed by atoms with E-state index in [2.05, 4.69) is 25.6 Å². The van der Waals surface area contributed by atoms with Gasteiger partial charge in [-0.1, -0.05) is 19.1 Å². The van der Waals surface area contributed by atoms with Crippen LogP contribution in [0.25, 0.3) is 11.2 Å². The van der Waals surface area contributed by atoms with E-state index in [0.717, 1.165) is 13.0 Å². The van der Waals surface area contributed by atoms with Crippen molar-refractivity contribution >= 4 is 22.9 Å². The Morgan fingerprint density at radius 1 is 1.24 bits per heavy atom. The Bertz CT molecular complexity index is 972. The van der Waals surface area contributed by atoms with Gasteiger partial charge in [-0.25, -0.2) is 4.98 Å². The summed E-state index contributed by atoms with van der Waals surface area (Å²) in [6, 6.07) is 5.17. The van der Waals surface area contributed by atoms with Crippen molar-refractivity contribution in [3.63, 3.8) is 0 Å². The largest absolute Gasteiger partial charge is 0.504 e. The van der Waals surface area contributed by atoms with Gasteiger partial charge in [0.1, 0.15) is 0 Å². The number of methoxy groups -OCH3 is 1. The van der Waals surface area contributed by atoms with Crippen LogP contribution in [-0.2, 0) is 13.1 Å². The van der Waals surface area contributed by atoms with E-state index < -0.39 is 6.10 Å². The van der Waals surface area contributed by atoms with Crippen molar-refractivity contribution in [1.82, 2.24) is 19.5 Å². The maximum absolute atomic E-state index is 10.3. The number of fused-ring (bicyclic) bond motifs is 1. The highest BCUT2D eigenvalue weighted by molar-refractivity contribution is 5.84. The van der Waals surface area contributed by atoms with Crippen LogP contribution in [0.3, 0.4) is 0 Å². The molecule has 0 bridgehead atoms. The summed E-state index contributed by atoms with van der Waals surface area (Å²) in [5.74, 6) is 1.47. The number of aliphatic hydroxyl groups is 1. The second kappa shape index (κ2) is 8.95. The first-order valence-corrected chi connectivity index (χ1v) is 9.74. The number of rotatable bonds is 9. The number of aliphatic hydroxyl groups excluding tert-OH is 1. The van der Waals surface area contributed by atoms with E-state index in [4.69, 9.17) is 4.74 Å². The first-order valence-electron chi connectivity index (χ1n) is 9.74. The van der Waals surface area contributed by atoms with Crippen LogP contribution in [0.5, 0.6) is 11.5 Å². The number of aromatic hydroxyl groups is 1. The van der Waals surface area contributed by atoms with Gasteiger partial charge < -0.3 is 30.2 Å². The molecule has 0 saturated heterocycles. The first kappa shape index (κ1) is 20.7. The topological polar surface area (TPSA) is 117 Å². The van der Waals surface area contributed by atoms with Gasteiger partial charge in [0.25, 0.3) is 0 Å². The van der Waals surface area contributed by atoms with Crippen LogP contribution in [0.2, 0.25) is 0 Å². The van der Waals surface area contributed by atoms with Gasteiger partial charge in [-0.3, -0.25) is 0 Å². The molecule has 0 radical (unpaired) electrons. The molecule has 9 nitrogen and oxygen atoms in total. The summed E-state index contributed by atoms with van der Waals surface area (Å²) in [6.45, 7) is 6.80. The van der Waals surface area contributed by atoms with Gasteiger partial charge in [-0.2, -0.15) is 9.97 Å². The molecular formula is C20H28N6O3. The number of nitrogens with zero attached hydrogens (tertiary/aromatic N) is 4. The van der Waals surface area contributed by atoms with Crippen molar-refractivity contribution in [2.75, 3.05) is 17.7 Å². The third-order valence-electron chi connectivity index (χ3n) is 4.89. The van der Waals surface area contributed by atoms with E-state index in [1.807, 2.05) is 30.5 Å². The predicted octanol–water partition coefficient (Wildman–Crippen LogP) is 2.74. The molecule has 2 heterocycles. The first-order chi connectivity index (χ1) is 14.0. The number of benzene rings is 1. The molecule has 4 N–H and O–H groups in total. The molecule has 9 heteroatoms. The smallest absolute Gasteiger partial charge is 0.227 e. The zero-order valence-corrected chi connectivity index (χ0v) is 17.2. The number of ether oxygens (including phenoxy) is 1. The normalized spacial score (nSPS) is 13.3. The van der Waals surface area contributed by atoms with Crippen LogP contribution >= 0.6 is 0 Å². The summed E-state index contributed by atoms with van der Waals surface area (Å²) in [6.07, 6.45) is 1.91. The Kier molecular flexibility index (Phi) is 6.38. The molecule has 0 fully saturated rings. The molecule has 2 atom stereocenters. The zero-order chi connectivity index (χ0) is 21.0. The number of aryl methyl sites for hydroxylation is 1. The summed E-state index contributed by atoms with van der Waals surface area (Å²) < 4.78 is 7.10. The molecule has 0 aliphatic heterocycles. The number of phenols is 1. The number of aromatic nitrogens is 4. The summed E-state index contributed by atoms with van der Waals surface area (Å²) in [4.78, 5) is 13.6. The monoisotopic (exact) mass is 400 g/mol. The van der Waals surface area contributed by atoms with Crippen molar-refractivity contribution in [2.24, 2.45) is 0 Å². The standard InChI is InChI=1S/C20H28N6O3/c1-5-14(12(3)27)23-20-24-18(16-19(25-20)26(6-2)11-22-16)21-10-13-8-7-9-15(29-4)17(13)28/h7-9,11-12,14,27-28H,5-6,10H2,1-4H3,(H2,21,23,24,25). The van der Waals surface area contributed by atoms with Crippen LogP contribution in [0.15, 0.2) is 24.5 Å². The van der Waals surface area contributed by atoms with Crippen molar-refractivity contribution in [3.8, 4) is 11.5 Å². The molecule has 2 aromatic heterocycles. The van der Waals surface area contributed by atoms with Crippen molar-refractivity contribution < 1.29 is 14.9 Å². The van der Waals surface area contributed by atoms with Gasteiger partial charge in [0, 0.05) is 18.7 Å². The van der Waals surface area contributed by atoms with Crippen LogP contribution in [-0.4, -0.2) is 49.0 Å². The highest BCUT2D eigenvalue weighted by Gasteiger charge is 2.18. The molecule has 2 unspecified atom stereocenters. The quantitative estimate of drug-likeness (QED) is 0.433. The Labute approximate surface area is 169 Å². The lowest BCUT2D eigenvalue weighted by molar-refractivity contribution is 0.169. The van der Waals surface area contributed by atoms with E-state index in [9.17, 15) is 10.2 Å². The minimum atomic E-state index is -0.541. The second-order valence-corrected chi connectivity index (χ2v) is 6.82. The number of nitrogens with one attached hydrogen (secondary N) is 2. The fourth-order valence-corrected chi connectivity index (χ4v) is 3.15. The van der Waals surface area contributed by atoms with Gasteiger partial charge in [0.05, 0.1) is 25.6 Å². The lowest BCUT2D eigenvalue weighted by atomic mass is 10.1. The minimum Gasteiger partial charge on any atom is -0.504 e. The molecule has 29 heavy (non-hydrogen) atoms. The molecule has 0 spiro atoms. The molecule has 0 saturated carbocycles. The number of para-hydroxylation sites is 1. The van der Waals surface area contributed by atoms with Gasteiger partial charge in [0.15, 0.2) is 28.5 Å². The van der Waals surface area contributed by atoms with E-state index in [1.54, 1.807) is 19.3 Å². The van der Waals surface area contributed by atoms with Gasteiger partial charge in [-0.15, -0.1) is 0 Å². The molecule has 3 rings (SSSR count). The lowest BCUT2D eigenvalue weighted by Gasteiger charge is -2.20. The van der Waals surface area contributed by atoms with E-state index in [0.29, 0.717) is 40.8 Å². The fraction of sp³-hybridized carbons (Fsp3) is 0.450. The number of anilines is 2. The molecular weight excluding hydrogens is 372 g/mol. The Hall–Kier alpha value is -3.07. The van der Waals surface area contributed by atoms with Crippen molar-refractivity contribution in [2.45, 2.75) is 52.4 Å². The average Bonchev–Trinajstić information content (AvgIpc) is 3.14. The highest BCUT2D eigenvalue weighted by atomic mass is 16.5. The maximum atomic E-state index is 10.3. The molecule has 0 amide bonds. The third kappa shape index (κ3) is 4.34. The molecule has 0 aliphatic carbocycles. The lowest BCUT2D eigenvalue weighted by Crippen LogP contribution is -2.31. The van der Waals surface area contributed by atoms with Crippen molar-refractivity contribution in [3.05, 3.63) is 30.1 Å². The Morgan fingerprint density at radius 3 is 2.69 bits per heavy atom. The SMILES string of the molecule is CCC(Nc1nc(NCc2cccc(OC)c2O)c2ncn(CC)c2n1)C(C)O. The summed E-state index contributed by atoms with van der Waals surface area (Å²) in [5.41, 5.74) is 2.02. The third-order valence-corrected chi connectivity index (χ3v) is 4.89. The Morgan fingerprint density at radius 2 is 2.03 bits per heavy atom.